The summed E-state index contributed by atoms with van der Waals surface area (Å²) < 4.78 is 24.6. The average Bonchev–Trinajstić information content (AvgIpc) is 3.80. The van der Waals surface area contributed by atoms with Crippen LogP contribution in [0.15, 0.2) is 103 Å². The largest absolute Gasteiger partial charge is 0.459 e. The number of carbonyl (C=O) groups is 4. The smallest absolute Gasteiger partial charge is 0.408 e. The van der Waals surface area contributed by atoms with Gasteiger partial charge in [-0.1, -0.05) is 97.9 Å². The van der Waals surface area contributed by atoms with Gasteiger partial charge in [0.2, 0.25) is 5.91 Å². The van der Waals surface area contributed by atoms with Gasteiger partial charge in [0.25, 0.3) is 5.91 Å². The predicted molar refractivity (Wildman–Crippen MR) is 219 cm³/mol. The van der Waals surface area contributed by atoms with Gasteiger partial charge >= 0.3 is 12.1 Å². The lowest BCUT2D eigenvalue weighted by Crippen LogP contribution is -2.48. The first kappa shape index (κ1) is 41.7. The molecular formula is C47H53N3O9. The van der Waals surface area contributed by atoms with Gasteiger partial charge in [-0.3, -0.25) is 24.2 Å². The van der Waals surface area contributed by atoms with Crippen molar-refractivity contribution in [3.8, 4) is 11.1 Å². The van der Waals surface area contributed by atoms with E-state index in [0.717, 1.165) is 58.3 Å². The van der Waals surface area contributed by atoms with Crippen molar-refractivity contribution in [1.82, 2.24) is 15.1 Å². The number of imide groups is 1. The zero-order valence-corrected chi connectivity index (χ0v) is 34.0. The maximum Gasteiger partial charge on any atom is 0.408 e. The second-order valence-electron chi connectivity index (χ2n) is 16.6. The number of nitrogens with zero attached hydrogens (tertiary/aromatic N) is 2. The molecule has 0 radical (unpaired) electrons. The zero-order chi connectivity index (χ0) is 41.7. The number of rotatable bonds is 12. The molecule has 6 unspecified atom stereocenters. The Morgan fingerprint density at radius 1 is 0.847 bits per heavy atom. The number of amides is 3. The molecule has 3 fully saturated rings. The number of esters is 1. The van der Waals surface area contributed by atoms with Gasteiger partial charge in [-0.15, -0.1) is 0 Å². The normalized spacial score (nSPS) is 23.6. The first-order chi connectivity index (χ1) is 28.3. The van der Waals surface area contributed by atoms with Crippen LogP contribution in [0.25, 0.3) is 11.1 Å². The van der Waals surface area contributed by atoms with Crippen LogP contribution in [0.2, 0.25) is 0 Å². The van der Waals surface area contributed by atoms with Gasteiger partial charge in [0.15, 0.2) is 6.29 Å². The number of hydrogen-bond donors (Lipinski definition) is 2. The van der Waals surface area contributed by atoms with Crippen LogP contribution >= 0.6 is 0 Å². The maximum atomic E-state index is 13.3. The van der Waals surface area contributed by atoms with E-state index in [0.29, 0.717) is 6.54 Å². The Hall–Kier alpha value is -5.40. The van der Waals surface area contributed by atoms with Gasteiger partial charge in [0.05, 0.1) is 31.8 Å². The fraction of sp³-hybridized carbons (Fsp3) is 0.404. The molecule has 0 spiro atoms. The molecule has 2 N–H and O–H groups in total. The molecule has 3 aliphatic heterocycles. The number of hydrogen-bond acceptors (Lipinski definition) is 10. The molecule has 3 saturated heterocycles. The van der Waals surface area contributed by atoms with Crippen LogP contribution < -0.4 is 5.32 Å². The molecule has 6 atom stereocenters. The first-order valence-corrected chi connectivity index (χ1v) is 20.3. The Bertz CT molecular complexity index is 2120. The predicted octanol–water partition coefficient (Wildman–Crippen LogP) is 7.00. The van der Waals surface area contributed by atoms with E-state index in [9.17, 15) is 24.3 Å². The van der Waals surface area contributed by atoms with Crippen LogP contribution in [0.4, 0.5) is 4.79 Å². The van der Waals surface area contributed by atoms with Gasteiger partial charge in [0.1, 0.15) is 24.3 Å². The van der Waals surface area contributed by atoms with Crippen LogP contribution in [0.1, 0.15) is 87.2 Å². The molecule has 3 heterocycles. The van der Waals surface area contributed by atoms with Crippen molar-refractivity contribution in [1.29, 1.82) is 0 Å². The molecule has 0 aromatic heterocycles. The van der Waals surface area contributed by atoms with E-state index in [2.05, 4.69) is 17.1 Å². The van der Waals surface area contributed by atoms with E-state index in [1.165, 1.54) is 4.90 Å². The lowest BCUT2D eigenvalue weighted by molar-refractivity contribution is -0.276. The number of carbonyl (C=O) groups excluding carboxylic acids is 4. The Balaban J connectivity index is 1.06. The van der Waals surface area contributed by atoms with Gasteiger partial charge in [0, 0.05) is 18.0 Å². The summed E-state index contributed by atoms with van der Waals surface area (Å²) in [5, 5.41) is 12.2. The van der Waals surface area contributed by atoms with Gasteiger partial charge in [-0.05, 0) is 85.7 Å². The number of alkyl carbamates (subject to hydrolysis) is 1. The number of likely N-dealkylation sites (tertiary alicyclic amines) is 2. The third-order valence-electron chi connectivity index (χ3n) is 11.1. The van der Waals surface area contributed by atoms with E-state index < -0.39 is 29.9 Å². The highest BCUT2D eigenvalue weighted by Gasteiger charge is 2.43. The minimum Gasteiger partial charge on any atom is -0.459 e. The Kier molecular flexibility index (Phi) is 12.9. The first-order valence-electron chi connectivity index (χ1n) is 20.3. The molecule has 3 aliphatic rings. The molecule has 12 nitrogen and oxygen atoms in total. The third-order valence-corrected chi connectivity index (χ3v) is 11.1. The minimum atomic E-state index is -1.00. The van der Waals surface area contributed by atoms with Crippen LogP contribution in [0, 0.1) is 5.92 Å². The van der Waals surface area contributed by atoms with Crippen molar-refractivity contribution in [2.24, 2.45) is 5.92 Å². The van der Waals surface area contributed by atoms with Crippen molar-refractivity contribution in [2.75, 3.05) is 13.1 Å². The molecule has 0 bridgehead atoms. The fourth-order valence-corrected chi connectivity index (χ4v) is 8.01. The highest BCUT2D eigenvalue weighted by atomic mass is 16.7. The zero-order valence-electron chi connectivity index (χ0n) is 34.0. The molecule has 3 amide bonds. The Labute approximate surface area is 345 Å². The highest BCUT2D eigenvalue weighted by molar-refractivity contribution is 6.06. The van der Waals surface area contributed by atoms with Crippen LogP contribution in [-0.4, -0.2) is 75.7 Å². The molecule has 0 saturated carbocycles. The van der Waals surface area contributed by atoms with Crippen molar-refractivity contribution in [3.63, 3.8) is 0 Å². The summed E-state index contributed by atoms with van der Waals surface area (Å²) >= 11 is 0. The lowest BCUT2D eigenvalue weighted by atomic mass is 9.89. The third kappa shape index (κ3) is 10.3. The summed E-state index contributed by atoms with van der Waals surface area (Å²) in [6.07, 6.45) is -0.639. The number of ether oxygens (including phenoxy) is 4. The molecule has 4 aromatic carbocycles. The average molecular weight is 804 g/mol. The Morgan fingerprint density at radius 3 is 2.29 bits per heavy atom. The van der Waals surface area contributed by atoms with Gasteiger partial charge in [-0.25, -0.2) is 4.79 Å². The number of nitrogens with one attached hydrogen (secondary N) is 1. The van der Waals surface area contributed by atoms with Crippen LogP contribution in [0.3, 0.4) is 0 Å². The van der Waals surface area contributed by atoms with Crippen LogP contribution in [0.5, 0.6) is 0 Å². The molecule has 59 heavy (non-hydrogen) atoms. The quantitative estimate of drug-likeness (QED) is 0.114. The summed E-state index contributed by atoms with van der Waals surface area (Å²) in [5.74, 6) is -1.15. The number of aliphatic hydroxyl groups is 1. The van der Waals surface area contributed by atoms with E-state index in [-0.39, 0.29) is 62.2 Å². The lowest BCUT2D eigenvalue weighted by Gasteiger charge is -2.43. The molecule has 4 aromatic rings. The molecular weight excluding hydrogens is 751 g/mol. The summed E-state index contributed by atoms with van der Waals surface area (Å²) in [5.41, 5.74) is 5.32. The minimum absolute atomic E-state index is 0.0482. The second-order valence-corrected chi connectivity index (χ2v) is 16.6. The number of aliphatic hydroxyl groups excluding tert-OH is 1. The summed E-state index contributed by atoms with van der Waals surface area (Å²) in [4.78, 5) is 55.4. The molecule has 0 aliphatic carbocycles. The standard InChI is InChI=1S/C47H53N3O9/c1-30-40(27-49-22-10-17-39(49)44(54)59-47(2,3)4)57-45(58-42(30)34-20-18-31(28-51)19-21-34)37-16-9-15-36(24-37)35-14-8-13-33(23-35)26-50-41(52)25-38(43(50)53)48-46(55)56-29-32-11-6-5-7-12-32/h5-9,11-16,18-21,23-24,30,38-40,42,45,51H,10,17,22,25-29H2,1-4H3,(H,48,55). The second kappa shape index (κ2) is 18.3. The van der Waals surface area contributed by atoms with Crippen molar-refractivity contribution in [2.45, 2.75) is 103 Å². The van der Waals surface area contributed by atoms with E-state index in [1.807, 2.05) is 124 Å². The van der Waals surface area contributed by atoms with Crippen molar-refractivity contribution < 1.29 is 43.2 Å². The molecule has 310 valence electrons. The Morgan fingerprint density at radius 2 is 1.56 bits per heavy atom. The summed E-state index contributed by atoms with van der Waals surface area (Å²) in [7, 11) is 0. The van der Waals surface area contributed by atoms with Gasteiger partial charge < -0.3 is 29.4 Å². The monoisotopic (exact) mass is 803 g/mol. The highest BCUT2D eigenvalue weighted by Crippen LogP contribution is 2.43. The maximum absolute atomic E-state index is 13.3. The molecule has 7 rings (SSSR count). The van der Waals surface area contributed by atoms with Gasteiger partial charge in [-0.2, -0.15) is 0 Å². The van der Waals surface area contributed by atoms with E-state index in [4.69, 9.17) is 18.9 Å². The van der Waals surface area contributed by atoms with Crippen molar-refractivity contribution >= 4 is 23.9 Å². The molecule has 12 heteroatoms. The SMILES string of the molecule is CC1C(CN2CCCC2C(=O)OC(C)(C)C)OC(c2cccc(-c3cccc(CN4C(=O)CC(NC(=O)OCc5ccccc5)C4=O)c3)c2)OC1c1ccc(CO)cc1. The van der Waals surface area contributed by atoms with E-state index in [1.54, 1.807) is 0 Å². The number of benzene rings is 4. The van der Waals surface area contributed by atoms with Crippen molar-refractivity contribution in [3.05, 3.63) is 131 Å². The summed E-state index contributed by atoms with van der Waals surface area (Å²) in [6.45, 7) is 9.08. The van der Waals surface area contributed by atoms with E-state index >= 15 is 0 Å². The fourth-order valence-electron chi connectivity index (χ4n) is 8.01. The summed E-state index contributed by atoms with van der Waals surface area (Å²) in [6, 6.07) is 31.2. The topological polar surface area (TPSA) is 144 Å². The van der Waals surface area contributed by atoms with Crippen LogP contribution in [-0.2, 0) is 53.1 Å².